The van der Waals surface area contributed by atoms with Gasteiger partial charge in [0.05, 0.1) is 18.8 Å². The summed E-state index contributed by atoms with van der Waals surface area (Å²) in [6.07, 6.45) is 1.30. The van der Waals surface area contributed by atoms with E-state index in [0.29, 0.717) is 12.1 Å². The number of hydrogen-bond acceptors (Lipinski definition) is 6. The molecule has 1 aliphatic heterocycles. The maximum Gasteiger partial charge on any atom is 0.405 e. The average Bonchev–Trinajstić information content (AvgIpc) is 3.15. The van der Waals surface area contributed by atoms with Crippen LogP contribution < -0.4 is 10.2 Å². The van der Waals surface area contributed by atoms with E-state index in [0.717, 1.165) is 29.9 Å². The van der Waals surface area contributed by atoms with E-state index in [4.69, 9.17) is 9.90 Å². The van der Waals surface area contributed by atoms with Crippen molar-refractivity contribution in [3.8, 4) is 11.3 Å². The van der Waals surface area contributed by atoms with Gasteiger partial charge in [0, 0.05) is 30.8 Å². The Kier molecular flexibility index (Phi) is 8.08. The first-order valence-corrected chi connectivity index (χ1v) is 9.74. The SMILES string of the molecule is CC(=O)N1c2ccc(-c3cn(CCN(C)C)nn3)cc2[C@H](NC(=O)O)C[C@@H]1C.O=CO. The van der Waals surface area contributed by atoms with Gasteiger partial charge in [-0.2, -0.15) is 0 Å². The molecule has 3 rings (SSSR count). The van der Waals surface area contributed by atoms with Gasteiger partial charge in [0.25, 0.3) is 6.47 Å². The summed E-state index contributed by atoms with van der Waals surface area (Å²) < 4.78 is 1.78. The van der Waals surface area contributed by atoms with Gasteiger partial charge in [-0.3, -0.25) is 14.3 Å². The van der Waals surface area contributed by atoms with Gasteiger partial charge in [0.1, 0.15) is 5.69 Å². The summed E-state index contributed by atoms with van der Waals surface area (Å²) in [6, 6.07) is 5.17. The molecule has 11 heteroatoms. The van der Waals surface area contributed by atoms with E-state index in [1.165, 1.54) is 6.92 Å². The Bertz CT molecular complexity index is 929. The van der Waals surface area contributed by atoms with Crippen LogP contribution in [0.1, 0.15) is 31.9 Å². The molecule has 0 saturated carbocycles. The lowest BCUT2D eigenvalue weighted by Gasteiger charge is -2.39. The zero-order chi connectivity index (χ0) is 23.1. The first-order valence-electron chi connectivity index (χ1n) is 9.74. The van der Waals surface area contributed by atoms with Crippen LogP contribution in [0.4, 0.5) is 10.5 Å². The van der Waals surface area contributed by atoms with Gasteiger partial charge in [-0.15, -0.1) is 5.10 Å². The van der Waals surface area contributed by atoms with E-state index >= 15 is 0 Å². The second-order valence-corrected chi connectivity index (χ2v) is 7.52. The van der Waals surface area contributed by atoms with Crippen LogP contribution in [0.2, 0.25) is 0 Å². The van der Waals surface area contributed by atoms with Crippen molar-refractivity contribution >= 4 is 24.2 Å². The summed E-state index contributed by atoms with van der Waals surface area (Å²) in [4.78, 5) is 35.6. The highest BCUT2D eigenvalue weighted by atomic mass is 16.4. The van der Waals surface area contributed by atoms with Crippen LogP contribution in [0, 0.1) is 0 Å². The molecule has 31 heavy (non-hydrogen) atoms. The van der Waals surface area contributed by atoms with Crippen molar-refractivity contribution in [3.63, 3.8) is 0 Å². The second-order valence-electron chi connectivity index (χ2n) is 7.52. The maximum atomic E-state index is 12.1. The molecule has 2 heterocycles. The molecule has 0 bridgehead atoms. The second kappa shape index (κ2) is 10.5. The highest BCUT2D eigenvalue weighted by Crippen LogP contribution is 2.39. The highest BCUT2D eigenvalue weighted by Gasteiger charge is 2.33. The number of hydrogen-bond donors (Lipinski definition) is 3. The number of nitrogens with zero attached hydrogens (tertiary/aromatic N) is 5. The molecule has 2 aromatic rings. The smallest absolute Gasteiger partial charge is 0.405 e. The van der Waals surface area contributed by atoms with E-state index in [9.17, 15) is 14.7 Å². The fourth-order valence-corrected chi connectivity index (χ4v) is 3.63. The number of carbonyl (C=O) groups excluding carboxylic acids is 1. The minimum Gasteiger partial charge on any atom is -0.483 e. The van der Waals surface area contributed by atoms with Gasteiger partial charge in [-0.1, -0.05) is 11.3 Å². The van der Waals surface area contributed by atoms with Crippen LogP contribution in [0.15, 0.2) is 24.4 Å². The summed E-state index contributed by atoms with van der Waals surface area (Å²) in [5.41, 5.74) is 3.05. The molecule has 2 amide bonds. The van der Waals surface area contributed by atoms with Crippen molar-refractivity contribution in [1.82, 2.24) is 25.2 Å². The summed E-state index contributed by atoms with van der Waals surface area (Å²) in [5, 5.41) is 27.1. The minimum atomic E-state index is -1.08. The Morgan fingerprint density at radius 2 is 2.03 bits per heavy atom. The van der Waals surface area contributed by atoms with Crippen LogP contribution in [0.5, 0.6) is 0 Å². The van der Waals surface area contributed by atoms with Gasteiger partial charge in [-0.25, -0.2) is 4.79 Å². The number of likely N-dealkylation sites (N-methyl/N-ethyl adjacent to an activating group) is 1. The molecule has 11 nitrogen and oxygen atoms in total. The third-order valence-corrected chi connectivity index (χ3v) is 4.93. The monoisotopic (exact) mass is 432 g/mol. The maximum absolute atomic E-state index is 12.1. The third kappa shape index (κ3) is 6.01. The van der Waals surface area contributed by atoms with Gasteiger partial charge >= 0.3 is 6.09 Å². The molecule has 0 radical (unpaired) electrons. The number of carbonyl (C=O) groups is 3. The number of nitrogens with one attached hydrogen (secondary N) is 1. The van der Waals surface area contributed by atoms with Crippen LogP contribution in [0.3, 0.4) is 0 Å². The number of fused-ring (bicyclic) bond motifs is 1. The molecule has 0 aliphatic carbocycles. The van der Waals surface area contributed by atoms with Crippen molar-refractivity contribution in [2.45, 2.75) is 38.9 Å². The molecule has 1 aromatic carbocycles. The zero-order valence-electron chi connectivity index (χ0n) is 18.0. The molecule has 2 atom stereocenters. The molecular formula is C20H28N6O5. The summed E-state index contributed by atoms with van der Waals surface area (Å²) in [5.74, 6) is -0.0649. The molecule has 1 aliphatic rings. The largest absolute Gasteiger partial charge is 0.483 e. The Labute approximate surface area is 180 Å². The van der Waals surface area contributed by atoms with Crippen molar-refractivity contribution in [2.75, 3.05) is 25.5 Å². The zero-order valence-corrected chi connectivity index (χ0v) is 18.0. The van der Waals surface area contributed by atoms with E-state index in [-0.39, 0.29) is 24.5 Å². The molecule has 0 saturated heterocycles. The highest BCUT2D eigenvalue weighted by molar-refractivity contribution is 5.94. The fourth-order valence-electron chi connectivity index (χ4n) is 3.63. The number of amides is 2. The van der Waals surface area contributed by atoms with E-state index in [1.54, 1.807) is 9.58 Å². The normalized spacial score (nSPS) is 17.4. The molecular weight excluding hydrogens is 404 g/mol. The Hall–Kier alpha value is -3.47. The predicted molar refractivity (Wildman–Crippen MR) is 114 cm³/mol. The van der Waals surface area contributed by atoms with Gasteiger partial charge in [0.2, 0.25) is 5.91 Å². The number of rotatable bonds is 5. The lowest BCUT2D eigenvalue weighted by Crippen LogP contribution is -2.45. The topological polar surface area (TPSA) is 141 Å². The third-order valence-electron chi connectivity index (χ3n) is 4.93. The lowest BCUT2D eigenvalue weighted by molar-refractivity contribution is -0.123. The Morgan fingerprint density at radius 1 is 1.35 bits per heavy atom. The van der Waals surface area contributed by atoms with Crippen LogP contribution in [0.25, 0.3) is 11.3 Å². The molecule has 1 aromatic heterocycles. The quantitative estimate of drug-likeness (QED) is 0.606. The fraction of sp³-hybridized carbons (Fsp3) is 0.450. The van der Waals surface area contributed by atoms with Gasteiger partial charge < -0.3 is 25.3 Å². The summed E-state index contributed by atoms with van der Waals surface area (Å²) >= 11 is 0. The average molecular weight is 432 g/mol. The number of anilines is 1. The number of carboxylic acid groups (broad SMARTS) is 2. The van der Waals surface area contributed by atoms with Gasteiger partial charge in [0.15, 0.2) is 0 Å². The van der Waals surface area contributed by atoms with E-state index in [2.05, 4.69) is 20.5 Å². The first kappa shape index (κ1) is 23.8. The van der Waals surface area contributed by atoms with Crippen LogP contribution >= 0.6 is 0 Å². The predicted octanol–water partition coefficient (Wildman–Crippen LogP) is 1.66. The molecule has 0 spiro atoms. The van der Waals surface area contributed by atoms with Crippen LogP contribution in [-0.2, 0) is 16.1 Å². The van der Waals surface area contributed by atoms with Gasteiger partial charge in [-0.05, 0) is 45.1 Å². The lowest BCUT2D eigenvalue weighted by atomic mass is 9.90. The summed E-state index contributed by atoms with van der Waals surface area (Å²) in [6.45, 7) is 4.77. The molecule has 0 unspecified atom stereocenters. The Balaban J connectivity index is 0.00000107. The molecule has 3 N–H and O–H groups in total. The van der Waals surface area contributed by atoms with Crippen molar-refractivity contribution in [1.29, 1.82) is 0 Å². The van der Waals surface area contributed by atoms with Crippen LogP contribution in [-0.4, -0.2) is 75.3 Å². The standard InChI is InChI=1S/C19H26N6O3.CH2O2/c1-12-9-16(20-19(27)28)15-10-14(5-6-18(15)25(12)13(2)26)17-11-24(22-21-17)8-7-23(3)4;2-1-3/h5-6,10-12,16,20H,7-9H2,1-4H3,(H,27,28);1H,(H,2,3)/t12-,16+;/m0./s1. The minimum absolute atomic E-state index is 0.0649. The molecule has 0 fully saturated rings. The van der Waals surface area contributed by atoms with E-state index in [1.807, 2.05) is 45.4 Å². The van der Waals surface area contributed by atoms with Crippen molar-refractivity contribution in [2.24, 2.45) is 0 Å². The summed E-state index contributed by atoms with van der Waals surface area (Å²) in [7, 11) is 4.00. The van der Waals surface area contributed by atoms with Crippen molar-refractivity contribution in [3.05, 3.63) is 30.0 Å². The number of aromatic nitrogens is 3. The van der Waals surface area contributed by atoms with E-state index < -0.39 is 6.09 Å². The first-order chi connectivity index (χ1) is 14.7. The van der Waals surface area contributed by atoms with Crippen molar-refractivity contribution < 1.29 is 24.6 Å². The number of benzene rings is 1. The Morgan fingerprint density at radius 3 is 2.61 bits per heavy atom. The molecule has 168 valence electrons.